The summed E-state index contributed by atoms with van der Waals surface area (Å²) in [6, 6.07) is 6.07. The molecular weight excluding hydrogens is 480 g/mol. The number of benzene rings is 1. The summed E-state index contributed by atoms with van der Waals surface area (Å²) >= 11 is 0. The highest BCUT2D eigenvalue weighted by Crippen LogP contribution is 2.33. The van der Waals surface area contributed by atoms with E-state index in [1.54, 1.807) is 30.3 Å². The van der Waals surface area contributed by atoms with Crippen LogP contribution in [-0.2, 0) is 16.5 Å². The molecule has 0 bridgehead atoms. The molecule has 1 aromatic carbocycles. The van der Waals surface area contributed by atoms with Gasteiger partial charge in [-0.3, -0.25) is 9.48 Å². The number of hydrogen-bond acceptors (Lipinski definition) is 11. The Morgan fingerprint density at radius 2 is 2.14 bits per heavy atom. The predicted molar refractivity (Wildman–Crippen MR) is 132 cm³/mol. The normalized spacial score (nSPS) is 18.1. The van der Waals surface area contributed by atoms with Crippen molar-refractivity contribution in [1.29, 1.82) is 0 Å². The Hall–Kier alpha value is -4.23. The molecule has 2 saturated heterocycles. The lowest BCUT2D eigenvalue weighted by molar-refractivity contribution is -0.101. The summed E-state index contributed by atoms with van der Waals surface area (Å²) in [5.41, 5.74) is 8.40. The van der Waals surface area contributed by atoms with Crippen molar-refractivity contribution in [2.75, 3.05) is 49.7 Å². The van der Waals surface area contributed by atoms with Crippen LogP contribution in [0.2, 0.25) is 0 Å². The highest BCUT2D eigenvalue weighted by molar-refractivity contribution is 5.96. The van der Waals surface area contributed by atoms with Gasteiger partial charge in [0, 0.05) is 38.3 Å². The largest absolute Gasteiger partial charge is 0.491 e. The minimum absolute atomic E-state index is 0.0599. The van der Waals surface area contributed by atoms with E-state index in [4.69, 9.17) is 24.4 Å². The molecule has 4 aromatic rings. The first-order chi connectivity index (χ1) is 18.0. The number of carbonyl (C=O) groups excluding carboxylic acids is 1. The maximum atomic E-state index is 12.0. The van der Waals surface area contributed by atoms with Crippen LogP contribution in [0.4, 0.5) is 17.5 Å². The second-order valence-electron chi connectivity index (χ2n) is 8.99. The van der Waals surface area contributed by atoms with E-state index in [1.165, 1.54) is 0 Å². The van der Waals surface area contributed by atoms with Crippen LogP contribution < -0.4 is 20.7 Å². The first-order valence-corrected chi connectivity index (χ1v) is 11.9. The van der Waals surface area contributed by atoms with Crippen molar-refractivity contribution in [3.05, 3.63) is 48.2 Å². The number of nitrogens with one attached hydrogen (secondary N) is 1. The van der Waals surface area contributed by atoms with E-state index >= 15 is 0 Å². The molecular formula is C24H26N8O5. The number of hydrogen-bond donors (Lipinski definition) is 2. The number of anilines is 3. The Kier molecular flexibility index (Phi) is 6.06. The zero-order valence-electron chi connectivity index (χ0n) is 20.2. The Balaban J connectivity index is 1.10. The first kappa shape index (κ1) is 23.2. The van der Waals surface area contributed by atoms with Crippen LogP contribution in [0.3, 0.4) is 0 Å². The zero-order valence-corrected chi connectivity index (χ0v) is 20.2. The van der Waals surface area contributed by atoms with Crippen molar-refractivity contribution < 1.29 is 23.4 Å². The standard InChI is InChI=1S/C24H26N8O5/c1-31-11-15(7-27-31)28-23-21(22(25)33)29-19(8-26-23)14-9-32(10-14)24-30-18-3-2-16(6-20(18)37-24)36-13-17-12-34-4-5-35-17/h2-3,6-8,11,14,17H,4-5,9-10,12-13H2,1H3,(H2,25,33)(H,26,28)/t17-/m1/s1. The molecule has 1 amide bonds. The van der Waals surface area contributed by atoms with Crippen LogP contribution in [-0.4, -0.2) is 76.3 Å². The molecule has 3 aromatic heterocycles. The molecule has 37 heavy (non-hydrogen) atoms. The number of aryl methyl sites for hydroxylation is 1. The summed E-state index contributed by atoms with van der Waals surface area (Å²) in [5, 5.41) is 7.14. The van der Waals surface area contributed by atoms with E-state index in [0.29, 0.717) is 74.1 Å². The van der Waals surface area contributed by atoms with Gasteiger partial charge in [0.1, 0.15) is 24.0 Å². The van der Waals surface area contributed by atoms with Gasteiger partial charge in [0.25, 0.3) is 11.9 Å². The molecule has 2 fully saturated rings. The second-order valence-corrected chi connectivity index (χ2v) is 8.99. The third-order valence-corrected chi connectivity index (χ3v) is 6.23. The molecule has 0 unspecified atom stereocenters. The van der Waals surface area contributed by atoms with Gasteiger partial charge in [0.05, 0.1) is 43.6 Å². The van der Waals surface area contributed by atoms with E-state index in [1.807, 2.05) is 23.1 Å². The van der Waals surface area contributed by atoms with Crippen LogP contribution >= 0.6 is 0 Å². The Morgan fingerprint density at radius 1 is 1.24 bits per heavy atom. The lowest BCUT2D eigenvalue weighted by atomic mass is 9.97. The average molecular weight is 507 g/mol. The van der Waals surface area contributed by atoms with Gasteiger partial charge < -0.3 is 34.6 Å². The van der Waals surface area contributed by atoms with Crippen molar-refractivity contribution in [2.45, 2.75) is 12.0 Å². The van der Waals surface area contributed by atoms with Gasteiger partial charge >= 0.3 is 0 Å². The number of nitrogens with two attached hydrogens (primary N) is 1. The van der Waals surface area contributed by atoms with Gasteiger partial charge in [-0.05, 0) is 12.1 Å². The predicted octanol–water partition coefficient (Wildman–Crippen LogP) is 1.59. The van der Waals surface area contributed by atoms with Crippen molar-refractivity contribution in [3.63, 3.8) is 0 Å². The molecule has 13 nitrogen and oxygen atoms in total. The first-order valence-electron chi connectivity index (χ1n) is 11.9. The van der Waals surface area contributed by atoms with Crippen molar-refractivity contribution in [3.8, 4) is 5.75 Å². The smallest absolute Gasteiger partial charge is 0.298 e. The van der Waals surface area contributed by atoms with Gasteiger partial charge in [-0.1, -0.05) is 0 Å². The summed E-state index contributed by atoms with van der Waals surface area (Å²) in [6.07, 6.45) is 4.97. The lowest BCUT2D eigenvalue weighted by Crippen LogP contribution is -2.45. The number of nitrogens with zero attached hydrogens (tertiary/aromatic N) is 6. The van der Waals surface area contributed by atoms with E-state index in [9.17, 15) is 4.79 Å². The maximum Gasteiger partial charge on any atom is 0.298 e. The molecule has 2 aliphatic heterocycles. The average Bonchev–Trinajstić information content (AvgIpc) is 3.48. The molecule has 0 saturated carbocycles. The number of aromatic nitrogens is 5. The fourth-order valence-electron chi connectivity index (χ4n) is 4.25. The number of oxazole rings is 1. The second kappa shape index (κ2) is 9.67. The fourth-order valence-corrected chi connectivity index (χ4v) is 4.25. The van der Waals surface area contributed by atoms with Crippen LogP contribution in [0.15, 0.2) is 41.2 Å². The van der Waals surface area contributed by atoms with Gasteiger partial charge in [-0.2, -0.15) is 10.1 Å². The van der Waals surface area contributed by atoms with Crippen LogP contribution in [0, 0.1) is 0 Å². The molecule has 6 rings (SSSR count). The third kappa shape index (κ3) is 4.90. The molecule has 0 radical (unpaired) electrons. The highest BCUT2D eigenvalue weighted by Gasteiger charge is 2.33. The molecule has 0 aliphatic carbocycles. The summed E-state index contributed by atoms with van der Waals surface area (Å²) < 4.78 is 24.5. The van der Waals surface area contributed by atoms with Gasteiger partial charge in [-0.25, -0.2) is 9.97 Å². The third-order valence-electron chi connectivity index (χ3n) is 6.23. The number of primary amides is 1. The van der Waals surface area contributed by atoms with Crippen LogP contribution in [0.5, 0.6) is 5.75 Å². The molecule has 2 aliphatic rings. The molecule has 3 N–H and O–H groups in total. The Bertz CT molecular complexity index is 1420. The van der Waals surface area contributed by atoms with Crippen molar-refractivity contribution in [2.24, 2.45) is 12.8 Å². The number of ether oxygens (including phenoxy) is 3. The SMILES string of the molecule is Cn1cc(Nc2ncc(C3CN(c4nc5ccc(OC[C@H]6COCCO6)cc5o4)C3)nc2C(N)=O)cn1. The van der Waals surface area contributed by atoms with Gasteiger partial charge in [0.15, 0.2) is 17.1 Å². The van der Waals surface area contributed by atoms with Gasteiger partial charge in [0.2, 0.25) is 0 Å². The molecule has 192 valence electrons. The molecule has 13 heteroatoms. The Morgan fingerprint density at radius 3 is 2.89 bits per heavy atom. The van der Waals surface area contributed by atoms with E-state index < -0.39 is 5.91 Å². The zero-order chi connectivity index (χ0) is 25.4. The van der Waals surface area contributed by atoms with E-state index in [2.05, 4.69) is 25.4 Å². The van der Waals surface area contributed by atoms with Crippen LogP contribution in [0.1, 0.15) is 22.1 Å². The number of carbonyl (C=O) groups is 1. The lowest BCUT2D eigenvalue weighted by Gasteiger charge is -2.37. The van der Waals surface area contributed by atoms with Crippen molar-refractivity contribution in [1.82, 2.24) is 24.7 Å². The minimum atomic E-state index is -0.656. The van der Waals surface area contributed by atoms with Crippen LogP contribution in [0.25, 0.3) is 11.1 Å². The summed E-state index contributed by atoms with van der Waals surface area (Å²) in [4.78, 5) is 27.5. The number of amides is 1. The van der Waals surface area contributed by atoms with E-state index in [0.717, 1.165) is 5.52 Å². The summed E-state index contributed by atoms with van der Waals surface area (Å²) in [5.74, 6) is 0.376. The molecule has 5 heterocycles. The minimum Gasteiger partial charge on any atom is -0.491 e. The summed E-state index contributed by atoms with van der Waals surface area (Å²) in [6.45, 7) is 3.38. The summed E-state index contributed by atoms with van der Waals surface area (Å²) in [7, 11) is 1.80. The topological polar surface area (TPSA) is 156 Å². The monoisotopic (exact) mass is 506 g/mol. The fraction of sp³-hybridized carbons (Fsp3) is 0.375. The van der Waals surface area contributed by atoms with Gasteiger partial charge in [-0.15, -0.1) is 0 Å². The molecule has 0 spiro atoms. The Labute approximate surface area is 211 Å². The molecule has 1 atom stereocenters. The maximum absolute atomic E-state index is 12.0. The highest BCUT2D eigenvalue weighted by atomic mass is 16.6. The van der Waals surface area contributed by atoms with E-state index in [-0.39, 0.29) is 17.7 Å². The number of fused-ring (bicyclic) bond motifs is 1. The van der Waals surface area contributed by atoms with Crippen molar-refractivity contribution >= 4 is 34.5 Å². The quantitative estimate of drug-likeness (QED) is 0.358. The number of rotatable bonds is 8.